The van der Waals surface area contributed by atoms with Gasteiger partial charge in [0.05, 0.1) is 12.2 Å². The van der Waals surface area contributed by atoms with Crippen LogP contribution in [0.4, 0.5) is 0 Å². The standard InChI is InChI=1S/C24H40O4.Na.H/c1-14(4-7-22(27)28)17-5-6-18-16-13-21(26)20-12-15(25)8-10-24(20,3)19(16)9-11-23(17,18)2;;/h14-21,25-26H,4-13H2,1-3H3,(H,27,28);;/t14-,15-,16+,17-,18+,19+,20+,21+,23-,24-;;/m1../s1. The van der Waals surface area contributed by atoms with Gasteiger partial charge in [-0.3, -0.25) is 4.79 Å². The molecule has 0 radical (unpaired) electrons. The summed E-state index contributed by atoms with van der Waals surface area (Å²) in [6.07, 6.45) is 9.16. The monoisotopic (exact) mass is 416 g/mol. The van der Waals surface area contributed by atoms with Crippen LogP contribution in [0, 0.1) is 46.3 Å². The van der Waals surface area contributed by atoms with Crippen LogP contribution in [0.5, 0.6) is 0 Å². The number of hydrogen-bond donors (Lipinski definition) is 3. The van der Waals surface area contributed by atoms with Crippen molar-refractivity contribution in [1.29, 1.82) is 0 Å². The Hall–Kier alpha value is 0.390. The molecule has 10 atom stereocenters. The van der Waals surface area contributed by atoms with Crippen molar-refractivity contribution >= 4 is 35.5 Å². The predicted octanol–water partition coefficient (Wildman–Crippen LogP) is 3.83. The molecule has 4 fully saturated rings. The van der Waals surface area contributed by atoms with E-state index in [4.69, 9.17) is 5.11 Å². The van der Waals surface area contributed by atoms with Gasteiger partial charge in [-0.05, 0) is 104 Å². The summed E-state index contributed by atoms with van der Waals surface area (Å²) < 4.78 is 0. The van der Waals surface area contributed by atoms with Crippen LogP contribution in [0.25, 0.3) is 0 Å². The molecule has 0 amide bonds. The maximum absolute atomic E-state index is 11.1. The zero-order chi connectivity index (χ0) is 20.3. The van der Waals surface area contributed by atoms with Crippen LogP contribution in [0.15, 0.2) is 0 Å². The Morgan fingerprint density at radius 3 is 2.31 bits per heavy atom. The van der Waals surface area contributed by atoms with E-state index in [0.29, 0.717) is 35.0 Å². The second-order valence-corrected chi connectivity index (χ2v) is 11.4. The van der Waals surface area contributed by atoms with Gasteiger partial charge in [0.1, 0.15) is 0 Å². The Kier molecular flexibility index (Phi) is 7.24. The number of carboxylic acids is 1. The molecule has 4 aliphatic carbocycles. The van der Waals surface area contributed by atoms with E-state index in [0.717, 1.165) is 32.1 Å². The summed E-state index contributed by atoms with van der Waals surface area (Å²) in [5.74, 6) is 2.61. The molecular weight excluding hydrogens is 375 g/mol. The van der Waals surface area contributed by atoms with Crippen molar-refractivity contribution in [3.05, 3.63) is 0 Å². The Bertz CT molecular complexity index is 612. The molecule has 0 aromatic heterocycles. The van der Waals surface area contributed by atoms with Crippen molar-refractivity contribution in [2.24, 2.45) is 46.3 Å². The molecular formula is C24H41NaO4. The molecule has 4 saturated carbocycles. The second kappa shape index (κ2) is 8.73. The third-order valence-electron chi connectivity index (χ3n) is 10.2. The Balaban J connectivity index is 0.00000240. The molecule has 0 bridgehead atoms. The van der Waals surface area contributed by atoms with Crippen LogP contribution < -0.4 is 0 Å². The number of fused-ring (bicyclic) bond motifs is 5. The van der Waals surface area contributed by atoms with Gasteiger partial charge in [-0.15, -0.1) is 0 Å². The topological polar surface area (TPSA) is 77.8 Å². The van der Waals surface area contributed by atoms with E-state index in [9.17, 15) is 15.0 Å². The fraction of sp³-hybridized carbons (Fsp3) is 0.958. The molecule has 0 unspecified atom stereocenters. The van der Waals surface area contributed by atoms with Gasteiger partial charge in [-0.1, -0.05) is 20.8 Å². The summed E-state index contributed by atoms with van der Waals surface area (Å²) in [6.45, 7) is 7.16. The van der Waals surface area contributed by atoms with Gasteiger partial charge in [0.25, 0.3) is 0 Å². The molecule has 4 nitrogen and oxygen atoms in total. The van der Waals surface area contributed by atoms with E-state index in [1.807, 2.05) is 0 Å². The molecule has 0 aliphatic heterocycles. The molecule has 162 valence electrons. The molecule has 0 saturated heterocycles. The summed E-state index contributed by atoms with van der Waals surface area (Å²) >= 11 is 0. The van der Waals surface area contributed by atoms with Crippen LogP contribution in [0.3, 0.4) is 0 Å². The van der Waals surface area contributed by atoms with Crippen molar-refractivity contribution in [2.75, 3.05) is 0 Å². The van der Waals surface area contributed by atoms with Gasteiger partial charge in [0.2, 0.25) is 0 Å². The van der Waals surface area contributed by atoms with E-state index in [1.165, 1.54) is 25.7 Å². The summed E-state index contributed by atoms with van der Waals surface area (Å²) in [4.78, 5) is 11.1. The average Bonchev–Trinajstić information content (AvgIpc) is 2.99. The number of carbonyl (C=O) groups is 1. The van der Waals surface area contributed by atoms with Crippen molar-refractivity contribution in [3.8, 4) is 0 Å². The summed E-state index contributed by atoms with van der Waals surface area (Å²) in [5, 5.41) is 30.4. The third kappa shape index (κ3) is 3.99. The van der Waals surface area contributed by atoms with Crippen molar-refractivity contribution in [1.82, 2.24) is 0 Å². The van der Waals surface area contributed by atoms with Crippen LogP contribution >= 0.6 is 0 Å². The Labute approximate surface area is 198 Å². The van der Waals surface area contributed by atoms with E-state index in [1.54, 1.807) is 0 Å². The molecule has 0 heterocycles. The zero-order valence-corrected chi connectivity index (χ0v) is 17.9. The second-order valence-electron chi connectivity index (χ2n) is 11.4. The van der Waals surface area contributed by atoms with E-state index in [-0.39, 0.29) is 59.5 Å². The van der Waals surface area contributed by atoms with Crippen LogP contribution in [-0.4, -0.2) is 63.1 Å². The van der Waals surface area contributed by atoms with Gasteiger partial charge < -0.3 is 15.3 Å². The van der Waals surface area contributed by atoms with Crippen LogP contribution in [0.1, 0.15) is 85.0 Å². The first kappa shape index (κ1) is 24.0. The van der Waals surface area contributed by atoms with Gasteiger partial charge in [0.15, 0.2) is 0 Å². The van der Waals surface area contributed by atoms with Crippen molar-refractivity contribution < 1.29 is 20.1 Å². The number of hydrogen-bond acceptors (Lipinski definition) is 3. The normalized spacial score (nSPS) is 49.9. The Morgan fingerprint density at radius 1 is 0.966 bits per heavy atom. The first-order valence-electron chi connectivity index (χ1n) is 11.7. The van der Waals surface area contributed by atoms with Gasteiger partial charge in [-0.25, -0.2) is 0 Å². The van der Waals surface area contributed by atoms with Gasteiger partial charge in [-0.2, -0.15) is 0 Å². The molecule has 4 aliphatic rings. The molecule has 29 heavy (non-hydrogen) atoms. The molecule has 0 aromatic rings. The van der Waals surface area contributed by atoms with Crippen molar-refractivity contribution in [3.63, 3.8) is 0 Å². The molecule has 0 aromatic carbocycles. The van der Waals surface area contributed by atoms with E-state index >= 15 is 0 Å². The summed E-state index contributed by atoms with van der Waals surface area (Å²) in [5.41, 5.74) is 0.478. The molecule has 3 N–H and O–H groups in total. The zero-order valence-electron chi connectivity index (χ0n) is 17.9. The first-order valence-corrected chi connectivity index (χ1v) is 11.7. The summed E-state index contributed by atoms with van der Waals surface area (Å²) in [7, 11) is 0. The maximum atomic E-state index is 11.1. The molecule has 4 rings (SSSR count). The number of aliphatic hydroxyl groups excluding tert-OH is 2. The molecule has 5 heteroatoms. The van der Waals surface area contributed by atoms with Crippen molar-refractivity contribution in [2.45, 2.75) is 97.2 Å². The minimum atomic E-state index is -0.677. The summed E-state index contributed by atoms with van der Waals surface area (Å²) in [6, 6.07) is 0. The average molecular weight is 417 g/mol. The molecule has 0 spiro atoms. The van der Waals surface area contributed by atoms with Gasteiger partial charge >= 0.3 is 35.5 Å². The SMILES string of the molecule is C[C@H](CCC(=O)O)[C@H]1CC[C@H]2[C@@H]3C[C@H](O)[C@@H]4C[C@H](O)CC[C@]4(C)[C@H]3CC[C@]12C.[NaH]. The van der Waals surface area contributed by atoms with E-state index < -0.39 is 5.97 Å². The fourth-order valence-electron chi connectivity index (χ4n) is 8.81. The first-order chi connectivity index (χ1) is 13.2. The number of rotatable bonds is 4. The van der Waals surface area contributed by atoms with E-state index in [2.05, 4.69) is 20.8 Å². The van der Waals surface area contributed by atoms with Crippen LogP contribution in [0.2, 0.25) is 0 Å². The number of carboxylic acid groups (broad SMARTS) is 1. The number of aliphatic hydroxyl groups is 2. The Morgan fingerprint density at radius 2 is 1.62 bits per heavy atom. The van der Waals surface area contributed by atoms with Crippen LogP contribution in [-0.2, 0) is 4.79 Å². The minimum absolute atomic E-state index is 0. The predicted molar refractivity (Wildman–Crippen MR) is 116 cm³/mol. The number of aliphatic carboxylic acids is 1. The fourth-order valence-corrected chi connectivity index (χ4v) is 8.81. The quantitative estimate of drug-likeness (QED) is 0.609. The van der Waals surface area contributed by atoms with Gasteiger partial charge in [0, 0.05) is 6.42 Å². The third-order valence-corrected chi connectivity index (χ3v) is 10.2.